The summed E-state index contributed by atoms with van der Waals surface area (Å²) < 4.78 is 0. The molecule has 1 aromatic heterocycles. The van der Waals surface area contributed by atoms with Crippen LogP contribution < -0.4 is 10.6 Å². The van der Waals surface area contributed by atoms with Gasteiger partial charge in [-0.2, -0.15) is 0 Å². The Bertz CT molecular complexity index is 858. The van der Waals surface area contributed by atoms with Gasteiger partial charge in [-0.15, -0.1) is 10.2 Å². The predicted octanol–water partition coefficient (Wildman–Crippen LogP) is 4.34. The van der Waals surface area contributed by atoms with Crippen molar-refractivity contribution < 1.29 is 4.79 Å². The van der Waals surface area contributed by atoms with E-state index in [-0.39, 0.29) is 11.6 Å². The fourth-order valence-electron chi connectivity index (χ4n) is 2.41. The maximum atomic E-state index is 12.2. The van der Waals surface area contributed by atoms with Crippen LogP contribution in [0.15, 0.2) is 60.7 Å². The van der Waals surface area contributed by atoms with Gasteiger partial charge in [-0.3, -0.25) is 4.79 Å². The van der Waals surface area contributed by atoms with Crippen LogP contribution >= 0.6 is 0 Å². The lowest BCUT2D eigenvalue weighted by atomic mass is 10.1. The molecule has 0 unspecified atom stereocenters. The summed E-state index contributed by atoms with van der Waals surface area (Å²) in [4.78, 5) is 12.2. The van der Waals surface area contributed by atoms with Crippen LogP contribution in [0.25, 0.3) is 0 Å². The summed E-state index contributed by atoms with van der Waals surface area (Å²) >= 11 is 0. The molecule has 5 nitrogen and oxygen atoms in total. The summed E-state index contributed by atoms with van der Waals surface area (Å²) in [5.41, 5.74) is 4.33. The first kappa shape index (κ1) is 16.6. The second-order valence-corrected chi connectivity index (χ2v) is 5.80. The number of hydrogen-bond acceptors (Lipinski definition) is 4. The Morgan fingerprint density at radius 1 is 0.960 bits per heavy atom. The first-order chi connectivity index (χ1) is 12.1. The van der Waals surface area contributed by atoms with Gasteiger partial charge in [-0.1, -0.05) is 31.2 Å². The standard InChI is InChI=1S/C20H20N4O/c1-3-15-7-9-16(10-8-15)22-20(25)18-11-12-19(24-23-18)21-17-6-4-5-14(2)13-17/h4-13H,3H2,1-2H3,(H,21,24)(H,22,25). The number of nitrogens with one attached hydrogen (secondary N) is 2. The molecule has 0 aliphatic heterocycles. The van der Waals surface area contributed by atoms with Crippen molar-refractivity contribution in [2.75, 3.05) is 10.6 Å². The van der Waals surface area contributed by atoms with Crippen molar-refractivity contribution in [2.45, 2.75) is 20.3 Å². The Hall–Kier alpha value is -3.21. The Balaban J connectivity index is 1.65. The molecule has 1 heterocycles. The lowest BCUT2D eigenvalue weighted by molar-refractivity contribution is 0.102. The molecule has 3 aromatic rings. The van der Waals surface area contributed by atoms with Gasteiger partial charge in [0.05, 0.1) is 0 Å². The molecule has 0 fully saturated rings. The lowest BCUT2D eigenvalue weighted by Gasteiger charge is -2.07. The number of benzene rings is 2. The molecule has 0 saturated heterocycles. The first-order valence-electron chi connectivity index (χ1n) is 8.22. The van der Waals surface area contributed by atoms with Crippen molar-refractivity contribution in [1.82, 2.24) is 10.2 Å². The summed E-state index contributed by atoms with van der Waals surface area (Å²) in [5, 5.41) is 14.1. The Kier molecular flexibility index (Phi) is 5.04. The van der Waals surface area contributed by atoms with Gasteiger partial charge in [0.25, 0.3) is 5.91 Å². The zero-order chi connectivity index (χ0) is 17.6. The number of rotatable bonds is 5. The van der Waals surface area contributed by atoms with E-state index in [1.54, 1.807) is 12.1 Å². The molecule has 126 valence electrons. The Morgan fingerprint density at radius 2 is 1.76 bits per heavy atom. The van der Waals surface area contributed by atoms with E-state index in [2.05, 4.69) is 27.8 Å². The van der Waals surface area contributed by atoms with Crippen LogP contribution in [0.1, 0.15) is 28.5 Å². The second-order valence-electron chi connectivity index (χ2n) is 5.80. The molecule has 0 spiro atoms. The SMILES string of the molecule is CCc1ccc(NC(=O)c2ccc(Nc3cccc(C)c3)nn2)cc1. The molecule has 0 radical (unpaired) electrons. The number of hydrogen-bond donors (Lipinski definition) is 2. The van der Waals surface area contributed by atoms with Crippen LogP contribution in [-0.2, 0) is 6.42 Å². The van der Waals surface area contributed by atoms with Crippen molar-refractivity contribution in [3.63, 3.8) is 0 Å². The summed E-state index contributed by atoms with van der Waals surface area (Å²) in [5.74, 6) is 0.313. The smallest absolute Gasteiger partial charge is 0.276 e. The van der Waals surface area contributed by atoms with E-state index in [9.17, 15) is 4.79 Å². The third-order valence-corrected chi connectivity index (χ3v) is 3.81. The van der Waals surface area contributed by atoms with E-state index >= 15 is 0 Å². The number of amides is 1. The van der Waals surface area contributed by atoms with Gasteiger partial charge in [-0.05, 0) is 60.9 Å². The number of carbonyl (C=O) groups is 1. The fraction of sp³-hybridized carbons (Fsp3) is 0.150. The van der Waals surface area contributed by atoms with Gasteiger partial charge in [0.1, 0.15) is 0 Å². The highest BCUT2D eigenvalue weighted by atomic mass is 16.1. The Morgan fingerprint density at radius 3 is 2.40 bits per heavy atom. The van der Waals surface area contributed by atoms with E-state index in [0.29, 0.717) is 5.82 Å². The van der Waals surface area contributed by atoms with E-state index in [1.165, 1.54) is 5.56 Å². The molecule has 25 heavy (non-hydrogen) atoms. The van der Waals surface area contributed by atoms with Crippen molar-refractivity contribution in [2.24, 2.45) is 0 Å². The van der Waals surface area contributed by atoms with Crippen LogP contribution in [0.5, 0.6) is 0 Å². The van der Waals surface area contributed by atoms with Gasteiger partial charge in [0.15, 0.2) is 11.5 Å². The first-order valence-corrected chi connectivity index (χ1v) is 8.22. The maximum Gasteiger partial charge on any atom is 0.276 e. The third kappa shape index (κ3) is 4.41. The van der Waals surface area contributed by atoms with Crippen molar-refractivity contribution in [3.8, 4) is 0 Å². The molecule has 0 atom stereocenters. The molecule has 5 heteroatoms. The lowest BCUT2D eigenvalue weighted by Crippen LogP contribution is -2.14. The number of aryl methyl sites for hydroxylation is 2. The number of aromatic nitrogens is 2. The van der Waals surface area contributed by atoms with Crippen molar-refractivity contribution in [1.29, 1.82) is 0 Å². The molecule has 0 bridgehead atoms. The van der Waals surface area contributed by atoms with Crippen molar-refractivity contribution >= 4 is 23.1 Å². The van der Waals surface area contributed by atoms with Crippen molar-refractivity contribution in [3.05, 3.63) is 77.5 Å². The Labute approximate surface area is 147 Å². The van der Waals surface area contributed by atoms with E-state index in [0.717, 1.165) is 23.4 Å². The minimum atomic E-state index is -0.279. The molecule has 0 saturated carbocycles. The molecule has 2 aromatic carbocycles. The van der Waals surface area contributed by atoms with Gasteiger partial charge < -0.3 is 10.6 Å². The summed E-state index contributed by atoms with van der Waals surface area (Å²) in [6.07, 6.45) is 0.967. The monoisotopic (exact) mass is 332 g/mol. The summed E-state index contributed by atoms with van der Waals surface area (Å²) in [7, 11) is 0. The minimum Gasteiger partial charge on any atom is -0.339 e. The van der Waals surface area contributed by atoms with E-state index in [4.69, 9.17) is 0 Å². The van der Waals surface area contributed by atoms with Crippen LogP contribution in [-0.4, -0.2) is 16.1 Å². The van der Waals surface area contributed by atoms with Gasteiger partial charge in [0, 0.05) is 11.4 Å². The van der Waals surface area contributed by atoms with Gasteiger partial charge >= 0.3 is 0 Å². The average Bonchev–Trinajstić information content (AvgIpc) is 2.63. The maximum absolute atomic E-state index is 12.2. The highest BCUT2D eigenvalue weighted by Gasteiger charge is 2.09. The van der Waals surface area contributed by atoms with E-state index in [1.807, 2.05) is 55.5 Å². The van der Waals surface area contributed by atoms with E-state index < -0.39 is 0 Å². The molecule has 2 N–H and O–H groups in total. The fourth-order valence-corrected chi connectivity index (χ4v) is 2.41. The van der Waals surface area contributed by atoms with Gasteiger partial charge in [-0.25, -0.2) is 0 Å². The largest absolute Gasteiger partial charge is 0.339 e. The number of carbonyl (C=O) groups excluding carboxylic acids is 1. The average molecular weight is 332 g/mol. The molecule has 0 aliphatic carbocycles. The third-order valence-electron chi connectivity index (χ3n) is 3.81. The highest BCUT2D eigenvalue weighted by Crippen LogP contribution is 2.16. The molecular weight excluding hydrogens is 312 g/mol. The molecular formula is C20H20N4O. The zero-order valence-electron chi connectivity index (χ0n) is 14.3. The predicted molar refractivity (Wildman–Crippen MR) is 100 cm³/mol. The molecule has 3 rings (SSSR count). The second kappa shape index (κ2) is 7.57. The quantitative estimate of drug-likeness (QED) is 0.729. The van der Waals surface area contributed by atoms with Crippen LogP contribution in [0, 0.1) is 6.92 Å². The number of nitrogens with zero attached hydrogens (tertiary/aromatic N) is 2. The summed E-state index contributed by atoms with van der Waals surface area (Å²) in [6.45, 7) is 4.12. The highest BCUT2D eigenvalue weighted by molar-refractivity contribution is 6.02. The topological polar surface area (TPSA) is 66.9 Å². The normalized spacial score (nSPS) is 10.3. The van der Waals surface area contributed by atoms with Gasteiger partial charge in [0.2, 0.25) is 0 Å². The molecule has 1 amide bonds. The number of anilines is 3. The molecule has 0 aliphatic rings. The van der Waals surface area contributed by atoms with Crippen LogP contribution in [0.3, 0.4) is 0 Å². The zero-order valence-corrected chi connectivity index (χ0v) is 14.3. The minimum absolute atomic E-state index is 0.273. The van der Waals surface area contributed by atoms with Crippen LogP contribution in [0.4, 0.5) is 17.2 Å². The summed E-state index contributed by atoms with van der Waals surface area (Å²) in [6, 6.07) is 19.1. The van der Waals surface area contributed by atoms with Crippen LogP contribution in [0.2, 0.25) is 0 Å².